The van der Waals surface area contributed by atoms with E-state index in [9.17, 15) is 4.79 Å². The molecule has 1 nitrogen and oxygen atoms in total. The lowest BCUT2D eigenvalue weighted by atomic mass is 10.1. The average molecular weight is 257 g/mol. The van der Waals surface area contributed by atoms with Gasteiger partial charge in [0, 0.05) is 20.6 Å². The van der Waals surface area contributed by atoms with Crippen molar-refractivity contribution < 1.29 is 4.79 Å². The summed E-state index contributed by atoms with van der Waals surface area (Å²) in [7, 11) is 0. The summed E-state index contributed by atoms with van der Waals surface area (Å²) in [6.07, 6.45) is 4.33. The van der Waals surface area contributed by atoms with Gasteiger partial charge in [0.25, 0.3) is 0 Å². The molecule has 0 aromatic heterocycles. The van der Waals surface area contributed by atoms with Crippen LogP contribution < -0.4 is 0 Å². The molecular formula is C12H22BOS2. The van der Waals surface area contributed by atoms with Crippen molar-refractivity contribution in [3.63, 3.8) is 0 Å². The Morgan fingerprint density at radius 3 is 2.44 bits per heavy atom. The molecule has 4 heteroatoms. The van der Waals surface area contributed by atoms with Gasteiger partial charge in [-0.25, -0.2) is 0 Å². The molecule has 0 aromatic rings. The molecule has 91 valence electrons. The van der Waals surface area contributed by atoms with Crippen molar-refractivity contribution in [1.82, 2.24) is 0 Å². The van der Waals surface area contributed by atoms with Gasteiger partial charge in [0.2, 0.25) is 0 Å². The zero-order chi connectivity index (χ0) is 10.2. The van der Waals surface area contributed by atoms with Crippen LogP contribution in [0.1, 0.15) is 26.7 Å². The fourth-order valence-corrected chi connectivity index (χ4v) is 3.72. The highest BCUT2D eigenvalue weighted by Crippen LogP contribution is 2.24. The highest BCUT2D eigenvalue weighted by molar-refractivity contribution is 7.99. The van der Waals surface area contributed by atoms with Crippen LogP contribution in [-0.2, 0) is 4.79 Å². The molecule has 2 fully saturated rings. The van der Waals surface area contributed by atoms with Crippen molar-refractivity contribution in [3.8, 4) is 0 Å². The van der Waals surface area contributed by atoms with Gasteiger partial charge in [0.15, 0.2) is 0 Å². The molecule has 3 radical (unpaired) electrons. The van der Waals surface area contributed by atoms with E-state index < -0.39 is 0 Å². The molecule has 0 aliphatic carbocycles. The molecule has 2 aliphatic rings. The van der Waals surface area contributed by atoms with Crippen molar-refractivity contribution in [2.45, 2.75) is 26.7 Å². The van der Waals surface area contributed by atoms with Crippen LogP contribution in [0, 0.1) is 5.92 Å². The molecule has 2 heterocycles. The molecule has 2 aliphatic heterocycles. The Bertz CT molecular complexity index is 183. The molecule has 0 aromatic carbocycles. The standard InChI is InChI=1S/C6H10OS.C5H8S.CH4.B/c7-3-1-6-2-4-8-5-6;1-5-2-3-6-4-5;;/h3,6H,1-2,4-5H2;1-4H2;1H4;. The average Bonchev–Trinajstić information content (AvgIpc) is 2.79. The topological polar surface area (TPSA) is 17.1 Å². The highest BCUT2D eigenvalue weighted by Gasteiger charge is 2.13. The van der Waals surface area contributed by atoms with Crippen molar-refractivity contribution in [3.05, 3.63) is 12.2 Å². The van der Waals surface area contributed by atoms with E-state index >= 15 is 0 Å². The van der Waals surface area contributed by atoms with Gasteiger partial charge < -0.3 is 4.79 Å². The first-order valence-corrected chi connectivity index (χ1v) is 7.39. The number of rotatable bonds is 2. The summed E-state index contributed by atoms with van der Waals surface area (Å²) < 4.78 is 0. The minimum absolute atomic E-state index is 0. The Labute approximate surface area is 111 Å². The minimum Gasteiger partial charge on any atom is -0.303 e. The molecule has 2 saturated heterocycles. The van der Waals surface area contributed by atoms with Gasteiger partial charge in [-0.15, -0.1) is 0 Å². The fourth-order valence-electron chi connectivity index (χ4n) is 1.41. The van der Waals surface area contributed by atoms with Gasteiger partial charge in [-0.2, -0.15) is 23.5 Å². The number of thioether (sulfide) groups is 2. The van der Waals surface area contributed by atoms with Crippen LogP contribution in [0.2, 0.25) is 0 Å². The van der Waals surface area contributed by atoms with Crippen molar-refractivity contribution in [2.24, 2.45) is 5.92 Å². The quantitative estimate of drug-likeness (QED) is 0.429. The first-order valence-electron chi connectivity index (χ1n) is 5.08. The predicted octanol–water partition coefficient (Wildman–Crippen LogP) is 3.26. The second-order valence-corrected chi connectivity index (χ2v) is 5.94. The molecule has 0 spiro atoms. The van der Waals surface area contributed by atoms with E-state index in [4.69, 9.17) is 0 Å². The van der Waals surface area contributed by atoms with E-state index in [1.807, 2.05) is 23.5 Å². The molecule has 16 heavy (non-hydrogen) atoms. The molecule has 0 saturated carbocycles. The van der Waals surface area contributed by atoms with E-state index in [-0.39, 0.29) is 15.8 Å². The number of hydrogen-bond donors (Lipinski definition) is 0. The normalized spacial score (nSPS) is 22.5. The molecule has 1 atom stereocenters. The highest BCUT2D eigenvalue weighted by atomic mass is 32.2. The third-order valence-corrected chi connectivity index (χ3v) is 4.70. The molecular weight excluding hydrogens is 235 g/mol. The molecule has 0 amide bonds. The summed E-state index contributed by atoms with van der Waals surface area (Å²) in [5.41, 5.74) is 1.42. The fraction of sp³-hybridized carbons (Fsp3) is 0.750. The summed E-state index contributed by atoms with van der Waals surface area (Å²) >= 11 is 3.95. The Kier molecular flexibility index (Phi) is 13.5. The predicted molar refractivity (Wildman–Crippen MR) is 79.7 cm³/mol. The van der Waals surface area contributed by atoms with Gasteiger partial charge in [0.05, 0.1) is 0 Å². The van der Waals surface area contributed by atoms with Crippen LogP contribution >= 0.6 is 23.5 Å². The molecule has 0 N–H and O–H groups in total. The first kappa shape index (κ1) is 18.5. The lowest BCUT2D eigenvalue weighted by Gasteiger charge is -1.97. The van der Waals surface area contributed by atoms with Crippen LogP contribution in [0.4, 0.5) is 0 Å². The summed E-state index contributed by atoms with van der Waals surface area (Å²) in [4.78, 5) is 9.95. The monoisotopic (exact) mass is 257 g/mol. The van der Waals surface area contributed by atoms with Gasteiger partial charge in [-0.3, -0.25) is 0 Å². The van der Waals surface area contributed by atoms with Crippen LogP contribution in [0.25, 0.3) is 0 Å². The number of carbonyl (C=O) groups is 1. The molecule has 2 rings (SSSR count). The maximum Gasteiger partial charge on any atom is 0.120 e. The smallest absolute Gasteiger partial charge is 0.120 e. The third kappa shape index (κ3) is 8.34. The minimum atomic E-state index is 0. The van der Waals surface area contributed by atoms with Crippen molar-refractivity contribution in [2.75, 3.05) is 23.0 Å². The van der Waals surface area contributed by atoms with E-state index in [0.29, 0.717) is 5.92 Å². The van der Waals surface area contributed by atoms with E-state index in [1.165, 1.54) is 41.4 Å². The largest absolute Gasteiger partial charge is 0.303 e. The summed E-state index contributed by atoms with van der Waals surface area (Å²) in [6, 6.07) is 0. The second-order valence-electron chi connectivity index (χ2n) is 3.68. The Morgan fingerprint density at radius 1 is 1.38 bits per heavy atom. The van der Waals surface area contributed by atoms with Crippen LogP contribution in [-0.4, -0.2) is 37.7 Å². The number of carbonyl (C=O) groups excluding carboxylic acids is 1. The zero-order valence-corrected chi connectivity index (χ0v) is 10.7. The maximum absolute atomic E-state index is 9.95. The third-order valence-electron chi connectivity index (χ3n) is 2.36. The second kappa shape index (κ2) is 11.7. The van der Waals surface area contributed by atoms with Crippen LogP contribution in [0.15, 0.2) is 12.2 Å². The van der Waals surface area contributed by atoms with Crippen molar-refractivity contribution >= 4 is 38.2 Å². The SMILES string of the molecule is C.C=C1CCSC1.O=CCC1CCSC1.[B]. The lowest BCUT2D eigenvalue weighted by molar-refractivity contribution is -0.108. The molecule has 0 bridgehead atoms. The summed E-state index contributed by atoms with van der Waals surface area (Å²) in [5, 5.41) is 0. The van der Waals surface area contributed by atoms with E-state index in [0.717, 1.165) is 12.7 Å². The van der Waals surface area contributed by atoms with Crippen LogP contribution in [0.3, 0.4) is 0 Å². The first-order chi connectivity index (χ1) is 6.83. The van der Waals surface area contributed by atoms with Gasteiger partial charge >= 0.3 is 0 Å². The Morgan fingerprint density at radius 2 is 2.12 bits per heavy atom. The maximum atomic E-state index is 9.95. The van der Waals surface area contributed by atoms with Crippen LogP contribution in [0.5, 0.6) is 0 Å². The van der Waals surface area contributed by atoms with E-state index in [1.54, 1.807) is 0 Å². The van der Waals surface area contributed by atoms with Gasteiger partial charge in [0.1, 0.15) is 6.29 Å². The Hall–Kier alpha value is 0.175. The van der Waals surface area contributed by atoms with E-state index in [2.05, 4.69) is 6.58 Å². The number of aldehydes is 1. The van der Waals surface area contributed by atoms with Crippen molar-refractivity contribution in [1.29, 1.82) is 0 Å². The van der Waals surface area contributed by atoms with Gasteiger partial charge in [-0.05, 0) is 36.0 Å². The summed E-state index contributed by atoms with van der Waals surface area (Å²) in [6.45, 7) is 3.83. The molecule has 1 unspecified atom stereocenters. The van der Waals surface area contributed by atoms with Gasteiger partial charge in [-0.1, -0.05) is 19.6 Å². The summed E-state index contributed by atoms with van der Waals surface area (Å²) in [5.74, 6) is 5.69. The number of hydrogen-bond acceptors (Lipinski definition) is 3. The zero-order valence-electron chi connectivity index (χ0n) is 9.11. The lowest BCUT2D eigenvalue weighted by Crippen LogP contribution is -1.96. The Balaban J connectivity index is 0.